The predicted molar refractivity (Wildman–Crippen MR) is 103 cm³/mol. The van der Waals surface area contributed by atoms with Crippen molar-refractivity contribution in [3.63, 3.8) is 0 Å². The van der Waals surface area contributed by atoms with Crippen LogP contribution < -0.4 is 5.32 Å². The number of benzene rings is 2. The fourth-order valence-electron chi connectivity index (χ4n) is 2.87. The van der Waals surface area contributed by atoms with Crippen LogP contribution in [0.15, 0.2) is 73.3 Å². The van der Waals surface area contributed by atoms with E-state index < -0.39 is 4.92 Å². The molecule has 7 nitrogen and oxygen atoms in total. The molecule has 0 spiro atoms. The minimum absolute atomic E-state index is 0.0702. The number of anilines is 1. The lowest BCUT2D eigenvalue weighted by atomic mass is 10.1. The highest BCUT2D eigenvalue weighted by atomic mass is 16.6. The third kappa shape index (κ3) is 3.92. The van der Waals surface area contributed by atoms with Crippen LogP contribution in [0.25, 0.3) is 10.9 Å². The predicted octanol–water partition coefficient (Wildman–Crippen LogP) is 4.00. The van der Waals surface area contributed by atoms with Crippen LogP contribution >= 0.6 is 0 Å². The summed E-state index contributed by atoms with van der Waals surface area (Å²) in [7, 11) is 0. The molecule has 4 aromatic rings. The molecule has 0 radical (unpaired) electrons. The number of hydrogen-bond acceptors (Lipinski definition) is 5. The van der Waals surface area contributed by atoms with E-state index in [1.165, 1.54) is 17.7 Å². The second-order valence-corrected chi connectivity index (χ2v) is 6.24. The number of pyridine rings is 1. The molecule has 2 heterocycles. The van der Waals surface area contributed by atoms with Crippen molar-refractivity contribution in [2.45, 2.75) is 13.1 Å². The fourth-order valence-corrected chi connectivity index (χ4v) is 2.87. The number of hydrogen-bond donors (Lipinski definition) is 1. The van der Waals surface area contributed by atoms with Gasteiger partial charge in [-0.2, -0.15) is 0 Å². The molecule has 7 heteroatoms. The molecule has 0 aliphatic rings. The van der Waals surface area contributed by atoms with E-state index in [1.807, 2.05) is 22.9 Å². The summed E-state index contributed by atoms with van der Waals surface area (Å²) >= 11 is 0. The van der Waals surface area contributed by atoms with Crippen LogP contribution in [0.5, 0.6) is 0 Å². The Balaban J connectivity index is 1.42. The molecule has 134 valence electrons. The van der Waals surface area contributed by atoms with E-state index in [1.54, 1.807) is 18.6 Å². The van der Waals surface area contributed by atoms with Gasteiger partial charge in [-0.1, -0.05) is 24.3 Å². The van der Waals surface area contributed by atoms with Gasteiger partial charge >= 0.3 is 0 Å². The Hall–Kier alpha value is -3.74. The lowest BCUT2D eigenvalue weighted by Crippen LogP contribution is -2.02. The maximum Gasteiger partial charge on any atom is 0.270 e. The zero-order valence-corrected chi connectivity index (χ0v) is 14.4. The number of nitrogens with one attached hydrogen (secondary N) is 1. The van der Waals surface area contributed by atoms with Gasteiger partial charge in [-0.15, -0.1) is 0 Å². The Morgan fingerprint density at radius 3 is 2.59 bits per heavy atom. The van der Waals surface area contributed by atoms with Gasteiger partial charge < -0.3 is 9.88 Å². The highest BCUT2D eigenvalue weighted by molar-refractivity contribution is 5.82. The van der Waals surface area contributed by atoms with Crippen LogP contribution in [-0.2, 0) is 13.1 Å². The summed E-state index contributed by atoms with van der Waals surface area (Å²) in [5.41, 5.74) is 3.15. The van der Waals surface area contributed by atoms with Gasteiger partial charge in [0, 0.05) is 43.0 Å². The maximum absolute atomic E-state index is 10.9. The minimum Gasteiger partial charge on any atom is -0.366 e. The van der Waals surface area contributed by atoms with E-state index in [0.29, 0.717) is 6.54 Å². The van der Waals surface area contributed by atoms with Gasteiger partial charge in [-0.25, -0.2) is 9.97 Å². The van der Waals surface area contributed by atoms with Crippen molar-refractivity contribution in [3.05, 3.63) is 94.6 Å². The molecule has 2 aromatic heterocycles. The molecule has 0 saturated heterocycles. The van der Waals surface area contributed by atoms with E-state index in [4.69, 9.17) is 0 Å². The third-order valence-corrected chi connectivity index (χ3v) is 4.30. The molecule has 0 amide bonds. The van der Waals surface area contributed by atoms with Crippen LogP contribution in [0, 0.1) is 10.1 Å². The van der Waals surface area contributed by atoms with Crippen LogP contribution in [0.1, 0.15) is 11.1 Å². The first-order valence-corrected chi connectivity index (χ1v) is 8.50. The normalized spacial score (nSPS) is 10.8. The largest absolute Gasteiger partial charge is 0.366 e. The van der Waals surface area contributed by atoms with Gasteiger partial charge in [-0.3, -0.25) is 10.1 Å². The topological polar surface area (TPSA) is 85.9 Å². The summed E-state index contributed by atoms with van der Waals surface area (Å²) in [5, 5.41) is 14.9. The van der Waals surface area contributed by atoms with Crippen molar-refractivity contribution < 1.29 is 4.92 Å². The summed E-state index contributed by atoms with van der Waals surface area (Å²) in [6, 6.07) is 16.7. The van der Waals surface area contributed by atoms with Crippen molar-refractivity contribution in [1.29, 1.82) is 0 Å². The van der Waals surface area contributed by atoms with Crippen LogP contribution in [0.2, 0.25) is 0 Å². The van der Waals surface area contributed by atoms with E-state index in [-0.39, 0.29) is 5.69 Å². The van der Waals surface area contributed by atoms with Gasteiger partial charge in [0.25, 0.3) is 5.69 Å². The quantitative estimate of drug-likeness (QED) is 0.415. The highest BCUT2D eigenvalue weighted by Crippen LogP contribution is 2.21. The molecule has 0 unspecified atom stereocenters. The molecule has 0 atom stereocenters. The van der Waals surface area contributed by atoms with E-state index >= 15 is 0 Å². The summed E-state index contributed by atoms with van der Waals surface area (Å²) in [6.07, 6.45) is 5.51. The fraction of sp³-hybridized carbons (Fsp3) is 0.100. The molecule has 0 aliphatic heterocycles. The van der Waals surface area contributed by atoms with Crippen molar-refractivity contribution in [2.24, 2.45) is 0 Å². The lowest BCUT2D eigenvalue weighted by molar-refractivity contribution is -0.384. The number of imidazole rings is 1. The monoisotopic (exact) mass is 359 g/mol. The van der Waals surface area contributed by atoms with Gasteiger partial charge in [-0.05, 0) is 29.3 Å². The van der Waals surface area contributed by atoms with Crippen LogP contribution in [0.4, 0.5) is 11.5 Å². The first-order chi connectivity index (χ1) is 13.2. The first kappa shape index (κ1) is 16.7. The van der Waals surface area contributed by atoms with Crippen molar-refractivity contribution in [3.8, 4) is 0 Å². The number of non-ortho nitro benzene ring substituents is 1. The Morgan fingerprint density at radius 2 is 1.85 bits per heavy atom. The van der Waals surface area contributed by atoms with Crippen molar-refractivity contribution >= 4 is 22.4 Å². The molecular weight excluding hydrogens is 342 g/mol. The molecule has 0 fully saturated rings. The van der Waals surface area contributed by atoms with E-state index in [2.05, 4.69) is 39.6 Å². The summed E-state index contributed by atoms with van der Waals surface area (Å²) in [6.45, 7) is 1.45. The summed E-state index contributed by atoms with van der Waals surface area (Å²) < 4.78 is 2.02. The van der Waals surface area contributed by atoms with Crippen LogP contribution in [-0.4, -0.2) is 19.5 Å². The number of nitro benzene ring substituents is 1. The molecule has 2 aromatic carbocycles. The average molecular weight is 359 g/mol. The van der Waals surface area contributed by atoms with Gasteiger partial charge in [0.2, 0.25) is 0 Å². The molecule has 0 saturated carbocycles. The highest BCUT2D eigenvalue weighted by Gasteiger charge is 2.07. The van der Waals surface area contributed by atoms with Crippen LogP contribution in [0.3, 0.4) is 0 Å². The van der Waals surface area contributed by atoms with Gasteiger partial charge in [0.1, 0.15) is 5.82 Å². The van der Waals surface area contributed by atoms with Gasteiger partial charge in [0.15, 0.2) is 0 Å². The molecule has 0 aliphatic carbocycles. The first-order valence-electron chi connectivity index (χ1n) is 8.50. The number of nitrogens with zero attached hydrogens (tertiary/aromatic N) is 4. The lowest BCUT2D eigenvalue weighted by Gasteiger charge is -2.08. The van der Waals surface area contributed by atoms with E-state index in [9.17, 15) is 10.1 Å². The molecular formula is C20H17N5O2. The second kappa shape index (κ2) is 7.25. The number of fused-ring (bicyclic) bond motifs is 1. The number of rotatable bonds is 6. The van der Waals surface area contributed by atoms with Crippen molar-refractivity contribution in [1.82, 2.24) is 14.5 Å². The van der Waals surface area contributed by atoms with Gasteiger partial charge in [0.05, 0.1) is 16.8 Å². The maximum atomic E-state index is 10.9. The Bertz CT molecular complexity index is 1080. The summed E-state index contributed by atoms with van der Waals surface area (Å²) in [5.74, 6) is 0.735. The SMILES string of the molecule is O=[N+]([O-])c1ccc2nc(NCc3ccc(Cn4ccnc4)cc3)ccc2c1. The zero-order chi connectivity index (χ0) is 18.6. The Labute approximate surface area is 155 Å². The molecule has 4 rings (SSSR count). The third-order valence-electron chi connectivity index (χ3n) is 4.30. The second-order valence-electron chi connectivity index (χ2n) is 6.24. The average Bonchev–Trinajstić information content (AvgIpc) is 3.20. The molecule has 0 bridgehead atoms. The number of nitro groups is 1. The Kier molecular flexibility index (Phi) is 4.49. The minimum atomic E-state index is -0.401. The smallest absolute Gasteiger partial charge is 0.270 e. The van der Waals surface area contributed by atoms with Crippen molar-refractivity contribution in [2.75, 3.05) is 5.32 Å². The molecule has 1 N–H and O–H groups in total. The number of aromatic nitrogens is 3. The standard InChI is InChI=1S/C20H17N5O2/c26-25(27)18-6-7-19-17(11-18)5-8-20(23-19)22-12-15-1-3-16(4-2-15)13-24-10-9-21-14-24/h1-11,14H,12-13H2,(H,22,23). The molecule has 27 heavy (non-hydrogen) atoms. The Morgan fingerprint density at radius 1 is 1.04 bits per heavy atom. The van der Waals surface area contributed by atoms with E-state index in [0.717, 1.165) is 28.8 Å². The summed E-state index contributed by atoms with van der Waals surface area (Å²) in [4.78, 5) is 19.0. The zero-order valence-electron chi connectivity index (χ0n) is 14.4.